The molecule has 1 atom stereocenters. The number of piperidine rings is 1. The molecule has 0 saturated carbocycles. The molecule has 3 aliphatic rings. The van der Waals surface area contributed by atoms with Gasteiger partial charge in [-0.2, -0.15) is 0 Å². The van der Waals surface area contributed by atoms with Crippen molar-refractivity contribution in [3.63, 3.8) is 0 Å². The van der Waals surface area contributed by atoms with Crippen molar-refractivity contribution in [1.29, 1.82) is 0 Å². The van der Waals surface area contributed by atoms with Crippen LogP contribution in [0.1, 0.15) is 19.3 Å². The average Bonchev–Trinajstić information content (AvgIpc) is 3.09. The number of nitrogens with one attached hydrogen (secondary N) is 1. The molecule has 0 bridgehead atoms. The zero-order valence-corrected chi connectivity index (χ0v) is 15.2. The number of likely N-dealkylation sites (tertiary alicyclic amines) is 2. The van der Waals surface area contributed by atoms with Gasteiger partial charge in [-0.15, -0.1) is 0 Å². The lowest BCUT2D eigenvalue weighted by Crippen LogP contribution is -2.50. The Morgan fingerprint density at radius 1 is 1.33 bits per heavy atom. The van der Waals surface area contributed by atoms with Crippen LogP contribution in [-0.2, 0) is 9.59 Å². The minimum absolute atomic E-state index is 0.0250. The van der Waals surface area contributed by atoms with Crippen molar-refractivity contribution in [2.24, 2.45) is 5.41 Å². The highest BCUT2D eigenvalue weighted by molar-refractivity contribution is 8.14. The molecule has 0 aliphatic carbocycles. The van der Waals surface area contributed by atoms with E-state index in [1.165, 1.54) is 11.8 Å². The zero-order chi connectivity index (χ0) is 17.3. The van der Waals surface area contributed by atoms with Crippen molar-refractivity contribution in [1.82, 2.24) is 20.0 Å². The molecule has 3 fully saturated rings. The summed E-state index contributed by atoms with van der Waals surface area (Å²) in [6.45, 7) is 3.85. The Morgan fingerprint density at radius 3 is 2.62 bits per heavy atom. The Balaban J connectivity index is 1.52. The van der Waals surface area contributed by atoms with Crippen LogP contribution in [0.2, 0.25) is 0 Å². The molecule has 24 heavy (non-hydrogen) atoms. The number of carbonyl (C=O) groups is 3. The largest absolute Gasteiger partial charge is 0.341 e. The molecular formula is C16H26N4O3S. The predicted molar refractivity (Wildman–Crippen MR) is 92.8 cm³/mol. The summed E-state index contributed by atoms with van der Waals surface area (Å²) in [5.74, 6) is 0.795. The average molecular weight is 354 g/mol. The lowest BCUT2D eigenvalue weighted by atomic mass is 9.77. The Hall–Kier alpha value is -1.28. The maximum atomic E-state index is 12.5. The van der Waals surface area contributed by atoms with Crippen molar-refractivity contribution in [3.05, 3.63) is 0 Å². The van der Waals surface area contributed by atoms with E-state index in [0.717, 1.165) is 32.5 Å². The maximum Gasteiger partial charge on any atom is 0.279 e. The summed E-state index contributed by atoms with van der Waals surface area (Å²) in [6.07, 6.45) is 2.35. The van der Waals surface area contributed by atoms with Crippen molar-refractivity contribution in [2.75, 3.05) is 52.6 Å². The lowest BCUT2D eigenvalue weighted by molar-refractivity contribution is -0.134. The van der Waals surface area contributed by atoms with E-state index in [1.807, 2.05) is 23.9 Å². The summed E-state index contributed by atoms with van der Waals surface area (Å²) >= 11 is 1.17. The van der Waals surface area contributed by atoms with E-state index in [2.05, 4.69) is 10.2 Å². The first kappa shape index (κ1) is 17.5. The van der Waals surface area contributed by atoms with Gasteiger partial charge < -0.3 is 20.0 Å². The van der Waals surface area contributed by atoms with Crippen LogP contribution in [0.5, 0.6) is 0 Å². The number of rotatable bonds is 4. The highest BCUT2D eigenvalue weighted by Crippen LogP contribution is 2.41. The lowest BCUT2D eigenvalue weighted by Gasteiger charge is -2.39. The summed E-state index contributed by atoms with van der Waals surface area (Å²) in [4.78, 5) is 42.0. The van der Waals surface area contributed by atoms with Crippen molar-refractivity contribution < 1.29 is 14.4 Å². The van der Waals surface area contributed by atoms with Gasteiger partial charge in [0.05, 0.1) is 0 Å². The van der Waals surface area contributed by atoms with Crippen LogP contribution in [0, 0.1) is 5.41 Å². The molecule has 7 nitrogen and oxygen atoms in total. The van der Waals surface area contributed by atoms with Crippen LogP contribution >= 0.6 is 11.8 Å². The Kier molecular flexibility index (Phi) is 5.05. The summed E-state index contributed by atoms with van der Waals surface area (Å²) < 4.78 is 0. The number of hydrogen-bond donors (Lipinski definition) is 1. The molecule has 0 unspecified atom stereocenters. The van der Waals surface area contributed by atoms with Crippen LogP contribution in [-0.4, -0.2) is 90.4 Å². The molecule has 3 aliphatic heterocycles. The van der Waals surface area contributed by atoms with Gasteiger partial charge in [-0.05, 0) is 26.9 Å². The molecule has 1 spiro atoms. The summed E-state index contributed by atoms with van der Waals surface area (Å²) in [6, 6.07) is -0.377. The van der Waals surface area contributed by atoms with Crippen LogP contribution in [0.4, 0.5) is 4.79 Å². The first-order valence-corrected chi connectivity index (χ1v) is 9.52. The van der Waals surface area contributed by atoms with Gasteiger partial charge in [0.2, 0.25) is 11.8 Å². The molecule has 0 aromatic carbocycles. The second-order valence-electron chi connectivity index (χ2n) is 7.42. The molecule has 3 saturated heterocycles. The van der Waals surface area contributed by atoms with Crippen LogP contribution < -0.4 is 5.32 Å². The van der Waals surface area contributed by atoms with E-state index in [4.69, 9.17) is 0 Å². The zero-order valence-electron chi connectivity index (χ0n) is 14.4. The van der Waals surface area contributed by atoms with Crippen LogP contribution in [0.15, 0.2) is 0 Å². The molecule has 3 amide bonds. The number of nitrogens with zero attached hydrogens (tertiary/aromatic N) is 3. The third-order valence-corrected chi connectivity index (χ3v) is 6.21. The van der Waals surface area contributed by atoms with E-state index >= 15 is 0 Å². The molecule has 134 valence electrons. The monoisotopic (exact) mass is 354 g/mol. The van der Waals surface area contributed by atoms with Crippen LogP contribution in [0.25, 0.3) is 0 Å². The second kappa shape index (κ2) is 6.92. The Labute approximate surface area is 147 Å². The van der Waals surface area contributed by atoms with Crippen molar-refractivity contribution >= 4 is 28.8 Å². The van der Waals surface area contributed by atoms with E-state index in [9.17, 15) is 14.4 Å². The highest BCUT2D eigenvalue weighted by atomic mass is 32.2. The first-order valence-electron chi connectivity index (χ1n) is 8.53. The van der Waals surface area contributed by atoms with Gasteiger partial charge in [0.15, 0.2) is 0 Å². The third-order valence-electron chi connectivity index (χ3n) is 5.33. The SMILES string of the molecule is CN(C)CCN1CC2(CCN(C(=O)[C@@H]3CSC(=O)N3)CC2)CC1=O. The van der Waals surface area contributed by atoms with E-state index in [1.54, 1.807) is 0 Å². The molecule has 0 aromatic rings. The fourth-order valence-electron chi connectivity index (χ4n) is 3.78. The van der Waals surface area contributed by atoms with Gasteiger partial charge in [0.25, 0.3) is 5.24 Å². The first-order chi connectivity index (χ1) is 11.4. The standard InChI is InChI=1S/C16H26N4O3S/c1-18(2)7-8-20-11-16(9-13(20)21)3-5-19(6-4-16)14(22)12-10-24-15(23)17-12/h12H,3-11H2,1-2H3,(H,17,23)/t12-/m0/s1. The molecule has 0 radical (unpaired) electrons. The molecule has 8 heteroatoms. The fraction of sp³-hybridized carbons (Fsp3) is 0.812. The molecular weight excluding hydrogens is 328 g/mol. The van der Waals surface area contributed by atoms with Gasteiger partial charge >= 0.3 is 0 Å². The van der Waals surface area contributed by atoms with Gasteiger partial charge in [-0.25, -0.2) is 0 Å². The predicted octanol–water partition coefficient (Wildman–Crippen LogP) is 0.214. The number of thioether (sulfide) groups is 1. The Bertz CT molecular complexity index is 531. The summed E-state index contributed by atoms with van der Waals surface area (Å²) in [5.41, 5.74) is 0.0356. The summed E-state index contributed by atoms with van der Waals surface area (Å²) in [5, 5.41) is 2.61. The second-order valence-corrected chi connectivity index (χ2v) is 8.41. The molecule has 3 heterocycles. The van der Waals surface area contributed by atoms with Crippen molar-refractivity contribution in [2.45, 2.75) is 25.3 Å². The fourth-order valence-corrected chi connectivity index (χ4v) is 4.55. The number of amides is 3. The molecule has 3 rings (SSSR count). The minimum Gasteiger partial charge on any atom is -0.341 e. The van der Waals surface area contributed by atoms with E-state index in [-0.39, 0.29) is 28.5 Å². The number of carbonyl (C=O) groups excluding carboxylic acids is 3. The topological polar surface area (TPSA) is 73.0 Å². The normalized spacial score (nSPS) is 26.5. The Morgan fingerprint density at radius 2 is 2.04 bits per heavy atom. The van der Waals surface area contributed by atoms with E-state index in [0.29, 0.717) is 25.3 Å². The van der Waals surface area contributed by atoms with Gasteiger partial charge in [0.1, 0.15) is 6.04 Å². The molecule has 0 aromatic heterocycles. The molecule has 1 N–H and O–H groups in total. The quantitative estimate of drug-likeness (QED) is 0.782. The number of likely N-dealkylation sites (N-methyl/N-ethyl adjacent to an activating group) is 1. The minimum atomic E-state index is -0.377. The van der Waals surface area contributed by atoms with Gasteiger partial charge in [-0.3, -0.25) is 14.4 Å². The van der Waals surface area contributed by atoms with Crippen LogP contribution in [0.3, 0.4) is 0 Å². The number of hydrogen-bond acceptors (Lipinski definition) is 5. The van der Waals surface area contributed by atoms with Gasteiger partial charge in [0, 0.05) is 50.3 Å². The van der Waals surface area contributed by atoms with E-state index < -0.39 is 0 Å². The van der Waals surface area contributed by atoms with Crippen molar-refractivity contribution in [3.8, 4) is 0 Å². The maximum absolute atomic E-state index is 12.5. The smallest absolute Gasteiger partial charge is 0.279 e. The van der Waals surface area contributed by atoms with Gasteiger partial charge in [-0.1, -0.05) is 11.8 Å². The summed E-state index contributed by atoms with van der Waals surface area (Å²) in [7, 11) is 4.03. The highest BCUT2D eigenvalue weighted by Gasteiger charge is 2.46. The third kappa shape index (κ3) is 3.69.